The van der Waals surface area contributed by atoms with Gasteiger partial charge in [0.1, 0.15) is 17.2 Å². The molecule has 4 aromatic carbocycles. The first-order valence-corrected chi connectivity index (χ1v) is 11.3. The van der Waals surface area contributed by atoms with Crippen LogP contribution in [0.4, 0.5) is 0 Å². The maximum atomic E-state index is 12.4. The van der Waals surface area contributed by atoms with Crippen molar-refractivity contribution >= 4 is 16.7 Å². The summed E-state index contributed by atoms with van der Waals surface area (Å²) in [5, 5.41) is 11.7. The van der Waals surface area contributed by atoms with Gasteiger partial charge in [0.2, 0.25) is 0 Å². The largest absolute Gasteiger partial charge is 0.497 e. The lowest BCUT2D eigenvalue weighted by molar-refractivity contribution is 0.0697. The molecule has 4 rings (SSSR count). The zero-order valence-corrected chi connectivity index (χ0v) is 19.6. The summed E-state index contributed by atoms with van der Waals surface area (Å²) in [6, 6.07) is 22.9. The predicted octanol–water partition coefficient (Wildman–Crippen LogP) is 7.07. The zero-order valence-electron chi connectivity index (χ0n) is 19.6. The number of fused-ring (bicyclic) bond motifs is 1. The third-order valence-corrected chi connectivity index (χ3v) is 5.87. The lowest BCUT2D eigenvalue weighted by Crippen LogP contribution is -2.05. The second kappa shape index (κ2) is 10.3. The Bertz CT molecular complexity index is 1290. The van der Waals surface area contributed by atoms with Crippen LogP contribution >= 0.6 is 0 Å². The summed E-state index contributed by atoms with van der Waals surface area (Å²) in [6.07, 6.45) is 1.86. The van der Waals surface area contributed by atoms with E-state index < -0.39 is 5.97 Å². The molecular weight excluding hydrogens is 428 g/mol. The fourth-order valence-corrected chi connectivity index (χ4v) is 4.11. The van der Waals surface area contributed by atoms with Crippen LogP contribution < -0.4 is 14.2 Å². The molecule has 0 unspecified atom stereocenters. The van der Waals surface area contributed by atoms with Crippen molar-refractivity contribution in [3.63, 3.8) is 0 Å². The van der Waals surface area contributed by atoms with Gasteiger partial charge in [0.15, 0.2) is 0 Å². The highest BCUT2D eigenvalue weighted by Crippen LogP contribution is 2.44. The van der Waals surface area contributed by atoms with Crippen molar-refractivity contribution in [3.05, 3.63) is 78.4 Å². The number of aromatic carboxylic acids is 1. The Balaban J connectivity index is 2.05. The van der Waals surface area contributed by atoms with E-state index in [1.165, 1.54) is 0 Å². The molecule has 0 fully saturated rings. The first-order valence-electron chi connectivity index (χ1n) is 11.3. The minimum atomic E-state index is -0.997. The van der Waals surface area contributed by atoms with Gasteiger partial charge in [-0.3, -0.25) is 0 Å². The Morgan fingerprint density at radius 3 is 2.18 bits per heavy atom. The van der Waals surface area contributed by atoms with Gasteiger partial charge in [-0.15, -0.1) is 0 Å². The fraction of sp³-hybridized carbons (Fsp3) is 0.207. The van der Waals surface area contributed by atoms with Crippen molar-refractivity contribution in [2.75, 3.05) is 20.8 Å². The maximum absolute atomic E-state index is 12.4. The number of carboxylic acid groups (broad SMARTS) is 1. The lowest BCUT2D eigenvalue weighted by atomic mass is 9.90. The van der Waals surface area contributed by atoms with E-state index in [1.54, 1.807) is 20.3 Å². The molecule has 0 aliphatic carbocycles. The highest BCUT2D eigenvalue weighted by molar-refractivity contribution is 6.11. The molecule has 0 aliphatic heterocycles. The lowest BCUT2D eigenvalue weighted by Gasteiger charge is -2.19. The first kappa shape index (κ1) is 23.2. The SMILES string of the molecule is CCCCOc1cc(C(=O)O)c(-c2ccccc2)c2cc(-c3ccc(OC)cc3)c(OC)cc12. The van der Waals surface area contributed by atoms with Crippen molar-refractivity contribution in [1.29, 1.82) is 0 Å². The van der Waals surface area contributed by atoms with Gasteiger partial charge in [-0.2, -0.15) is 0 Å². The van der Waals surface area contributed by atoms with Crippen molar-refractivity contribution in [3.8, 4) is 39.5 Å². The molecule has 0 aliphatic rings. The number of unbranched alkanes of at least 4 members (excludes halogenated alkanes) is 1. The molecule has 0 radical (unpaired) electrons. The van der Waals surface area contributed by atoms with Gasteiger partial charge in [-0.05, 0) is 53.3 Å². The van der Waals surface area contributed by atoms with Crippen molar-refractivity contribution < 1.29 is 24.1 Å². The number of benzene rings is 4. The van der Waals surface area contributed by atoms with E-state index in [-0.39, 0.29) is 5.56 Å². The maximum Gasteiger partial charge on any atom is 0.336 e. The Morgan fingerprint density at radius 2 is 1.56 bits per heavy atom. The molecule has 0 saturated carbocycles. The van der Waals surface area contributed by atoms with Gasteiger partial charge in [0.25, 0.3) is 0 Å². The van der Waals surface area contributed by atoms with Crippen LogP contribution in [0.5, 0.6) is 17.2 Å². The second-order valence-corrected chi connectivity index (χ2v) is 8.00. The summed E-state index contributed by atoms with van der Waals surface area (Å²) < 4.78 is 17.1. The quantitative estimate of drug-likeness (QED) is 0.273. The molecule has 1 N–H and O–H groups in total. The van der Waals surface area contributed by atoms with E-state index in [4.69, 9.17) is 14.2 Å². The van der Waals surface area contributed by atoms with E-state index in [1.807, 2.05) is 66.7 Å². The van der Waals surface area contributed by atoms with Crippen LogP contribution in [0.15, 0.2) is 72.8 Å². The third-order valence-electron chi connectivity index (χ3n) is 5.87. The topological polar surface area (TPSA) is 65.0 Å². The van der Waals surface area contributed by atoms with Crippen molar-refractivity contribution in [1.82, 2.24) is 0 Å². The van der Waals surface area contributed by atoms with Crippen LogP contribution in [-0.4, -0.2) is 31.9 Å². The summed E-state index contributed by atoms with van der Waals surface area (Å²) in [6.45, 7) is 2.60. The third kappa shape index (κ3) is 4.55. The average molecular weight is 457 g/mol. The summed E-state index contributed by atoms with van der Waals surface area (Å²) >= 11 is 0. The number of carboxylic acids is 1. The standard InChI is InChI=1S/C29H28O5/c1-4-5-15-34-27-18-25(29(30)31)28(20-9-7-6-8-10-20)24-16-22(26(33-3)17-23(24)27)19-11-13-21(32-2)14-12-19/h6-14,16-18H,4-5,15H2,1-3H3,(H,30,31). The number of hydrogen-bond acceptors (Lipinski definition) is 4. The average Bonchev–Trinajstić information content (AvgIpc) is 2.88. The minimum Gasteiger partial charge on any atom is -0.497 e. The van der Waals surface area contributed by atoms with Crippen molar-refractivity contribution in [2.45, 2.75) is 19.8 Å². The van der Waals surface area contributed by atoms with Gasteiger partial charge in [-0.25, -0.2) is 4.79 Å². The van der Waals surface area contributed by atoms with E-state index in [9.17, 15) is 9.90 Å². The van der Waals surface area contributed by atoms with Crippen LogP contribution in [0.1, 0.15) is 30.1 Å². The molecule has 0 aromatic heterocycles. The monoisotopic (exact) mass is 456 g/mol. The van der Waals surface area contributed by atoms with Crippen LogP contribution in [0.3, 0.4) is 0 Å². The number of ether oxygens (including phenoxy) is 3. The van der Waals surface area contributed by atoms with Crippen LogP contribution in [-0.2, 0) is 0 Å². The summed E-state index contributed by atoms with van der Waals surface area (Å²) in [5.41, 5.74) is 3.49. The van der Waals surface area contributed by atoms with Crippen LogP contribution in [0.25, 0.3) is 33.0 Å². The van der Waals surface area contributed by atoms with Gasteiger partial charge < -0.3 is 19.3 Å². The Hall–Kier alpha value is -3.99. The van der Waals surface area contributed by atoms with E-state index in [0.29, 0.717) is 23.7 Å². The first-order chi connectivity index (χ1) is 16.6. The van der Waals surface area contributed by atoms with E-state index in [2.05, 4.69) is 6.92 Å². The van der Waals surface area contributed by atoms with Gasteiger partial charge >= 0.3 is 5.97 Å². The normalized spacial score (nSPS) is 10.8. The zero-order chi connectivity index (χ0) is 24.1. The molecule has 5 heteroatoms. The predicted molar refractivity (Wildman–Crippen MR) is 135 cm³/mol. The molecule has 0 atom stereocenters. The summed E-state index contributed by atoms with van der Waals surface area (Å²) in [5.74, 6) is 0.983. The van der Waals surface area contributed by atoms with Crippen LogP contribution in [0.2, 0.25) is 0 Å². The highest BCUT2D eigenvalue weighted by Gasteiger charge is 2.21. The highest BCUT2D eigenvalue weighted by atomic mass is 16.5. The number of methoxy groups -OCH3 is 2. The molecule has 0 saturated heterocycles. The summed E-state index contributed by atoms with van der Waals surface area (Å²) in [4.78, 5) is 12.4. The molecule has 5 nitrogen and oxygen atoms in total. The fourth-order valence-electron chi connectivity index (χ4n) is 4.11. The smallest absolute Gasteiger partial charge is 0.336 e. The molecule has 0 spiro atoms. The number of rotatable bonds is 9. The molecule has 0 bridgehead atoms. The Morgan fingerprint density at radius 1 is 0.824 bits per heavy atom. The minimum absolute atomic E-state index is 0.205. The van der Waals surface area contributed by atoms with Crippen LogP contribution in [0, 0.1) is 0 Å². The Labute approximate surface area is 199 Å². The summed E-state index contributed by atoms with van der Waals surface area (Å²) in [7, 11) is 3.26. The van der Waals surface area contributed by atoms with Gasteiger partial charge in [-0.1, -0.05) is 55.8 Å². The second-order valence-electron chi connectivity index (χ2n) is 8.00. The molecule has 0 amide bonds. The van der Waals surface area contributed by atoms with E-state index >= 15 is 0 Å². The molecule has 34 heavy (non-hydrogen) atoms. The Kier molecular flexibility index (Phi) is 7.02. The van der Waals surface area contributed by atoms with Crippen molar-refractivity contribution in [2.24, 2.45) is 0 Å². The number of carbonyl (C=O) groups is 1. The number of hydrogen-bond donors (Lipinski definition) is 1. The molecular formula is C29H28O5. The molecule has 4 aromatic rings. The molecule has 0 heterocycles. The van der Waals surface area contributed by atoms with E-state index in [0.717, 1.165) is 46.1 Å². The molecule has 174 valence electrons. The van der Waals surface area contributed by atoms with Gasteiger partial charge in [0.05, 0.1) is 26.4 Å². The van der Waals surface area contributed by atoms with Gasteiger partial charge in [0, 0.05) is 16.5 Å².